The third-order valence-corrected chi connectivity index (χ3v) is 6.15. The van der Waals surface area contributed by atoms with E-state index in [4.69, 9.17) is 4.74 Å². The number of hydrogen-bond acceptors (Lipinski definition) is 4. The van der Waals surface area contributed by atoms with Gasteiger partial charge in [-0.25, -0.2) is 14.1 Å². The first kappa shape index (κ1) is 23.4. The summed E-state index contributed by atoms with van der Waals surface area (Å²) >= 11 is 3.41. The van der Waals surface area contributed by atoms with Crippen molar-refractivity contribution in [3.05, 3.63) is 98.8 Å². The van der Waals surface area contributed by atoms with Gasteiger partial charge in [-0.05, 0) is 76.8 Å². The predicted molar refractivity (Wildman–Crippen MR) is 130 cm³/mol. The summed E-state index contributed by atoms with van der Waals surface area (Å²) in [6.45, 7) is 3.72. The molecule has 0 unspecified atom stereocenters. The van der Waals surface area contributed by atoms with Crippen LogP contribution in [-0.4, -0.2) is 17.8 Å². The number of nitrogens with zero attached hydrogens (tertiary/aromatic N) is 1. The minimum atomic E-state index is -0.793. The van der Waals surface area contributed by atoms with Crippen LogP contribution in [0.25, 0.3) is 6.08 Å². The van der Waals surface area contributed by atoms with E-state index < -0.39 is 17.8 Å². The van der Waals surface area contributed by atoms with Gasteiger partial charge < -0.3 is 4.74 Å². The zero-order valence-corrected chi connectivity index (χ0v) is 20.0. The molecule has 0 aromatic heterocycles. The molecule has 1 aliphatic rings. The number of carbonyl (C=O) groups is 3. The van der Waals surface area contributed by atoms with Crippen LogP contribution >= 0.6 is 15.9 Å². The third-order valence-electron chi connectivity index (χ3n) is 5.53. The second kappa shape index (κ2) is 9.61. The highest BCUT2D eigenvalue weighted by Crippen LogP contribution is 2.30. The maximum Gasteiger partial charge on any atom is 0.335 e. The maximum atomic E-state index is 13.8. The average molecular weight is 523 g/mol. The minimum absolute atomic E-state index is 0.0412. The molecule has 0 spiro atoms. The van der Waals surface area contributed by atoms with E-state index in [9.17, 15) is 18.8 Å². The number of carbonyl (C=O) groups excluding carboxylic acids is 3. The van der Waals surface area contributed by atoms with E-state index in [-0.39, 0.29) is 18.0 Å². The van der Waals surface area contributed by atoms with Crippen LogP contribution in [0.5, 0.6) is 5.75 Å². The van der Waals surface area contributed by atoms with E-state index >= 15 is 0 Å². The van der Waals surface area contributed by atoms with Gasteiger partial charge in [0.15, 0.2) is 0 Å². The standard InChI is InChI=1S/C26H20BrFN2O4/c1-15-6-5-9-22(16(15)2)30-25(32)19(24(31)29-26(30)33)12-17-10-11-23(20(27)13-17)34-14-18-7-3-4-8-21(18)28/h3-13H,14H2,1-2H3,(H,29,31,33)/b19-12+. The van der Waals surface area contributed by atoms with Crippen LogP contribution in [0.4, 0.5) is 14.9 Å². The van der Waals surface area contributed by atoms with Crippen molar-refractivity contribution in [1.29, 1.82) is 0 Å². The molecule has 0 bridgehead atoms. The largest absolute Gasteiger partial charge is 0.488 e. The monoisotopic (exact) mass is 522 g/mol. The number of imide groups is 2. The molecule has 3 aromatic rings. The molecule has 4 rings (SSSR count). The number of nitrogens with one attached hydrogen (secondary N) is 1. The zero-order chi connectivity index (χ0) is 24.4. The highest BCUT2D eigenvalue weighted by atomic mass is 79.9. The topological polar surface area (TPSA) is 75.7 Å². The molecule has 1 aliphatic heterocycles. The summed E-state index contributed by atoms with van der Waals surface area (Å²) in [5.74, 6) is -1.37. The van der Waals surface area contributed by atoms with Crippen molar-refractivity contribution in [2.75, 3.05) is 4.90 Å². The molecule has 8 heteroatoms. The van der Waals surface area contributed by atoms with Crippen LogP contribution in [0.3, 0.4) is 0 Å². The molecule has 0 atom stereocenters. The Kier molecular flexibility index (Phi) is 6.61. The summed E-state index contributed by atoms with van der Waals surface area (Å²) in [7, 11) is 0. The number of benzene rings is 3. The van der Waals surface area contributed by atoms with Gasteiger partial charge >= 0.3 is 6.03 Å². The highest BCUT2D eigenvalue weighted by molar-refractivity contribution is 9.10. The molecule has 0 radical (unpaired) electrons. The lowest BCUT2D eigenvalue weighted by atomic mass is 10.0. The predicted octanol–water partition coefficient (Wildman–Crippen LogP) is 5.45. The van der Waals surface area contributed by atoms with Crippen molar-refractivity contribution in [1.82, 2.24) is 5.32 Å². The summed E-state index contributed by atoms with van der Waals surface area (Å²) in [6.07, 6.45) is 1.41. The van der Waals surface area contributed by atoms with Gasteiger partial charge in [0.05, 0.1) is 10.2 Å². The van der Waals surface area contributed by atoms with Gasteiger partial charge in [-0.1, -0.05) is 36.4 Å². The van der Waals surface area contributed by atoms with Crippen molar-refractivity contribution in [2.24, 2.45) is 0 Å². The van der Waals surface area contributed by atoms with E-state index in [0.29, 0.717) is 27.0 Å². The molecule has 1 N–H and O–H groups in total. The summed E-state index contributed by atoms with van der Waals surface area (Å²) in [6, 6.07) is 15.8. The van der Waals surface area contributed by atoms with E-state index in [2.05, 4.69) is 21.2 Å². The van der Waals surface area contributed by atoms with E-state index in [1.807, 2.05) is 19.9 Å². The molecule has 0 aliphatic carbocycles. The molecule has 172 valence electrons. The Morgan fingerprint density at radius 3 is 2.53 bits per heavy atom. The molecule has 4 amide bonds. The number of anilines is 1. The first-order valence-electron chi connectivity index (χ1n) is 10.4. The second-order valence-electron chi connectivity index (χ2n) is 7.75. The van der Waals surface area contributed by atoms with Crippen molar-refractivity contribution < 1.29 is 23.5 Å². The van der Waals surface area contributed by atoms with E-state index in [0.717, 1.165) is 16.0 Å². The highest BCUT2D eigenvalue weighted by Gasteiger charge is 2.37. The van der Waals surface area contributed by atoms with Crippen molar-refractivity contribution in [3.8, 4) is 5.75 Å². The fraction of sp³-hybridized carbons (Fsp3) is 0.115. The van der Waals surface area contributed by atoms with Gasteiger partial charge in [0.1, 0.15) is 23.7 Å². The van der Waals surface area contributed by atoms with Crippen molar-refractivity contribution in [2.45, 2.75) is 20.5 Å². The number of halogens is 2. The molecule has 1 saturated heterocycles. The smallest absolute Gasteiger partial charge is 0.335 e. The van der Waals surface area contributed by atoms with Crippen molar-refractivity contribution in [3.63, 3.8) is 0 Å². The third kappa shape index (κ3) is 4.63. The number of ether oxygens (including phenoxy) is 1. The number of hydrogen-bond donors (Lipinski definition) is 1. The van der Waals surface area contributed by atoms with Crippen LogP contribution in [0, 0.1) is 19.7 Å². The SMILES string of the molecule is Cc1cccc(N2C(=O)NC(=O)/C(=C\c3ccc(OCc4ccccc4F)c(Br)c3)C2=O)c1C. The second-order valence-corrected chi connectivity index (χ2v) is 8.60. The Morgan fingerprint density at radius 1 is 1.03 bits per heavy atom. The van der Waals surface area contributed by atoms with Crippen LogP contribution in [0.2, 0.25) is 0 Å². The fourth-order valence-electron chi connectivity index (χ4n) is 3.52. The van der Waals surface area contributed by atoms with Gasteiger partial charge in [0.2, 0.25) is 0 Å². The molecular formula is C26H20BrFN2O4. The minimum Gasteiger partial charge on any atom is -0.488 e. The number of barbiturate groups is 1. The lowest BCUT2D eigenvalue weighted by Crippen LogP contribution is -2.54. The van der Waals surface area contributed by atoms with Crippen LogP contribution < -0.4 is 15.0 Å². The summed E-state index contributed by atoms with van der Waals surface area (Å²) in [5, 5.41) is 2.23. The lowest BCUT2D eigenvalue weighted by molar-refractivity contribution is -0.122. The van der Waals surface area contributed by atoms with Gasteiger partial charge in [-0.2, -0.15) is 0 Å². The Balaban J connectivity index is 1.60. The zero-order valence-electron chi connectivity index (χ0n) is 18.4. The maximum absolute atomic E-state index is 13.8. The molecule has 6 nitrogen and oxygen atoms in total. The Bertz CT molecular complexity index is 1350. The molecule has 3 aromatic carbocycles. The fourth-order valence-corrected chi connectivity index (χ4v) is 4.03. The van der Waals surface area contributed by atoms with Gasteiger partial charge in [-0.3, -0.25) is 14.9 Å². The molecule has 34 heavy (non-hydrogen) atoms. The van der Waals surface area contributed by atoms with Crippen LogP contribution in [-0.2, 0) is 16.2 Å². The van der Waals surface area contributed by atoms with Crippen molar-refractivity contribution >= 4 is 45.5 Å². The first-order valence-corrected chi connectivity index (χ1v) is 11.2. The van der Waals surface area contributed by atoms with Gasteiger partial charge in [-0.15, -0.1) is 0 Å². The first-order chi connectivity index (χ1) is 16.3. The van der Waals surface area contributed by atoms with E-state index in [1.54, 1.807) is 48.5 Å². The summed E-state index contributed by atoms with van der Waals surface area (Å²) < 4.78 is 20.1. The Hall–Kier alpha value is -3.78. The molecular weight excluding hydrogens is 503 g/mol. The summed E-state index contributed by atoms with van der Waals surface area (Å²) in [5.41, 5.74) is 2.88. The van der Waals surface area contributed by atoms with E-state index in [1.165, 1.54) is 12.1 Å². The molecule has 1 fully saturated rings. The number of amides is 4. The Morgan fingerprint density at radius 2 is 1.79 bits per heavy atom. The van der Waals surface area contributed by atoms with Crippen LogP contribution in [0.15, 0.2) is 70.7 Å². The molecule has 0 saturated carbocycles. The Labute approximate surface area is 204 Å². The number of urea groups is 1. The van der Waals surface area contributed by atoms with Gasteiger partial charge in [0, 0.05) is 5.56 Å². The summed E-state index contributed by atoms with van der Waals surface area (Å²) in [4.78, 5) is 39.1. The van der Waals surface area contributed by atoms with Gasteiger partial charge in [0.25, 0.3) is 11.8 Å². The van der Waals surface area contributed by atoms with Crippen LogP contribution in [0.1, 0.15) is 22.3 Å². The number of rotatable bonds is 5. The normalized spacial score (nSPS) is 15.0. The average Bonchev–Trinajstić information content (AvgIpc) is 2.79. The quantitative estimate of drug-likeness (QED) is 0.357. The molecule has 1 heterocycles. The lowest BCUT2D eigenvalue weighted by Gasteiger charge is -2.28. The number of aryl methyl sites for hydroxylation is 1.